The third-order valence-corrected chi connectivity index (χ3v) is 20.2. The fraction of sp³-hybridized carbons (Fsp3) is 0.103. The molecule has 14 rings (SSSR count). The van der Waals surface area contributed by atoms with Crippen LogP contribution in [0.25, 0.3) is 0 Å². The fourth-order valence-electron chi connectivity index (χ4n) is 12.1. The van der Waals surface area contributed by atoms with Gasteiger partial charge in [-0.3, -0.25) is 0 Å². The predicted octanol–water partition coefficient (Wildman–Crippen LogP) is 13.5. The number of fused-ring (bicyclic) bond motifs is 1. The minimum atomic E-state index is -1.56. The number of hydrogen-bond donors (Lipinski definition) is 0. The summed E-state index contributed by atoms with van der Waals surface area (Å²) >= 11 is -0.472. The van der Waals surface area contributed by atoms with E-state index in [0.717, 1.165) is 0 Å². The summed E-state index contributed by atoms with van der Waals surface area (Å²) in [5.41, 5.74) is 14.0. The topological polar surface area (TPSA) is 0 Å². The summed E-state index contributed by atoms with van der Waals surface area (Å²) in [4.78, 5) is 0. The summed E-state index contributed by atoms with van der Waals surface area (Å²) in [5, 5.41) is 9.04. The van der Waals surface area contributed by atoms with Crippen molar-refractivity contribution in [1.29, 1.82) is 0 Å². The molecule has 310 valence electrons. The van der Waals surface area contributed by atoms with Crippen molar-refractivity contribution in [2.24, 2.45) is 0 Å². The van der Waals surface area contributed by atoms with E-state index < -0.39 is 43.2 Å². The van der Waals surface area contributed by atoms with Gasteiger partial charge in [-0.15, -0.1) is 0 Å². The molecule has 8 aromatic rings. The molecule has 6 aliphatic rings. The Bertz CT molecular complexity index is 2670. The molecular weight excluding hydrogens is 1020 g/mol. The second kappa shape index (κ2) is 16.7. The summed E-state index contributed by atoms with van der Waals surface area (Å²) in [5.74, 6) is 0.242. The molecular formula is C58H46Cl2P2Pt+2. The van der Waals surface area contributed by atoms with E-state index in [9.17, 15) is 0 Å². The van der Waals surface area contributed by atoms with Gasteiger partial charge in [0, 0.05) is 22.0 Å². The van der Waals surface area contributed by atoms with Gasteiger partial charge in [0.2, 0.25) is 0 Å². The summed E-state index contributed by atoms with van der Waals surface area (Å²) < 4.78 is 0. The predicted molar refractivity (Wildman–Crippen MR) is 269 cm³/mol. The Balaban J connectivity index is 0.00000144. The Labute approximate surface area is 390 Å². The van der Waals surface area contributed by atoms with Crippen LogP contribution in [0.4, 0.5) is 0 Å². The first kappa shape index (κ1) is 41.1. The van der Waals surface area contributed by atoms with E-state index in [1.165, 1.54) is 65.7 Å². The molecule has 0 spiro atoms. The van der Waals surface area contributed by atoms with Gasteiger partial charge in [-0.05, 0) is 107 Å². The van der Waals surface area contributed by atoms with E-state index in [0.29, 0.717) is 0 Å². The van der Waals surface area contributed by atoms with Crippen molar-refractivity contribution in [3.63, 3.8) is 0 Å². The van der Waals surface area contributed by atoms with Gasteiger partial charge in [-0.1, -0.05) is 170 Å². The molecule has 0 radical (unpaired) electrons. The molecule has 0 nitrogen and oxygen atoms in total. The molecule has 0 fully saturated rings. The second-order valence-electron chi connectivity index (χ2n) is 17.3. The molecule has 5 heteroatoms. The van der Waals surface area contributed by atoms with Gasteiger partial charge in [-0.25, -0.2) is 0 Å². The molecule has 8 aromatic carbocycles. The Morgan fingerprint density at radius 3 is 0.778 bits per heavy atom. The van der Waals surface area contributed by atoms with Crippen LogP contribution in [0.2, 0.25) is 0 Å². The maximum absolute atomic E-state index is 4.88. The molecule has 0 saturated carbocycles. The van der Waals surface area contributed by atoms with Gasteiger partial charge in [0.1, 0.15) is 21.2 Å². The molecule has 0 aliphatic heterocycles. The molecule has 0 aromatic heterocycles. The zero-order valence-electron chi connectivity index (χ0n) is 35.0. The Hall–Kier alpha value is -4.63. The van der Waals surface area contributed by atoms with E-state index >= 15 is 0 Å². The van der Waals surface area contributed by atoms with Crippen LogP contribution in [0.3, 0.4) is 0 Å². The third-order valence-electron chi connectivity index (χ3n) is 14.4. The van der Waals surface area contributed by atoms with Crippen molar-refractivity contribution in [1.82, 2.24) is 0 Å². The molecule has 0 N–H and O–H groups in total. The van der Waals surface area contributed by atoms with Gasteiger partial charge in [0.25, 0.3) is 0 Å². The number of hydrogen-bond acceptors (Lipinski definition) is 0. The summed E-state index contributed by atoms with van der Waals surface area (Å²) in [7, 11) is 6.62. The Kier molecular flexibility index (Phi) is 10.9. The van der Waals surface area contributed by atoms with E-state index in [1.54, 1.807) is 21.8 Å². The minimum absolute atomic E-state index is 0.121. The molecule has 0 unspecified atom stereocenters. The molecule has 0 heterocycles. The molecule has 63 heavy (non-hydrogen) atoms. The van der Waals surface area contributed by atoms with E-state index in [2.05, 4.69) is 232 Å². The van der Waals surface area contributed by atoms with Crippen LogP contribution in [0.5, 0.6) is 0 Å². The average molecular weight is 1070 g/mol. The first-order valence-corrected chi connectivity index (χ1v) is 30.3. The standard InChI is InChI=1S/C58H44P2.2ClH.Pt/c1-57-47-35-19-15-31-43(47)51(44-32-16-20-36-48(44)57)55(59(39-23-7-3-8-24-39)40-25-9-4-10-26-40)53(57)54-56(60(41-27-11-5-12-28-41)42-29-13-6-14-30-42)52-45-33-17-21-37-49(45)58(54,2)50-38-22-18-34-46(50)52;;;/h3-38,51-52H,1-2H3;2*1H;/q;;;+2. The molecule has 4 bridgehead atoms. The van der Waals surface area contributed by atoms with Crippen LogP contribution >= 0.6 is 34.7 Å². The second-order valence-corrected chi connectivity index (χ2v) is 25.5. The normalized spacial score (nSPS) is 21.1. The van der Waals surface area contributed by atoms with Crippen LogP contribution in [0, 0.1) is 0 Å². The van der Waals surface area contributed by atoms with Crippen LogP contribution in [0.15, 0.2) is 240 Å². The summed E-state index contributed by atoms with van der Waals surface area (Å²) in [6.07, 6.45) is 0. The quantitative estimate of drug-likeness (QED) is 0.140. The summed E-state index contributed by atoms with van der Waals surface area (Å²) in [6.45, 7) is 5.22. The van der Waals surface area contributed by atoms with Crippen LogP contribution in [0.1, 0.15) is 70.2 Å². The molecule has 0 saturated heterocycles. The first-order valence-electron chi connectivity index (χ1n) is 21.7. The van der Waals surface area contributed by atoms with Gasteiger partial charge in [0.05, 0.1) is 38.3 Å². The molecule has 0 atom stereocenters. The Morgan fingerprint density at radius 1 is 0.333 bits per heavy atom. The van der Waals surface area contributed by atoms with Crippen LogP contribution in [-0.4, -0.2) is 0 Å². The van der Waals surface area contributed by atoms with Crippen LogP contribution < -0.4 is 21.2 Å². The van der Waals surface area contributed by atoms with Crippen molar-refractivity contribution >= 4 is 55.9 Å². The van der Waals surface area contributed by atoms with Gasteiger partial charge >= 0.3 is 35.3 Å². The zero-order chi connectivity index (χ0) is 42.7. The van der Waals surface area contributed by atoms with Crippen LogP contribution in [-0.2, 0) is 27.3 Å². The monoisotopic (exact) mass is 1070 g/mol. The van der Waals surface area contributed by atoms with Crippen molar-refractivity contribution in [3.05, 3.63) is 285 Å². The van der Waals surface area contributed by atoms with Crippen molar-refractivity contribution in [2.45, 2.75) is 36.5 Å². The zero-order valence-corrected chi connectivity index (χ0v) is 40.8. The van der Waals surface area contributed by atoms with Gasteiger partial charge < -0.3 is 0 Å². The third kappa shape index (κ3) is 6.28. The number of halogens is 2. The van der Waals surface area contributed by atoms with E-state index in [4.69, 9.17) is 18.8 Å². The SMILES string of the molecule is CC12C(C3=C([PH+](c4ccccc4)c4ccccc4)C4c5ccccc5C3(C)c3ccccc34)=C([PH+](c3ccccc3)c3ccccc3)C(c3ccccc31)c1ccccc12.[Cl][Pt][Cl]. The van der Waals surface area contributed by atoms with E-state index in [1.807, 2.05) is 0 Å². The molecule has 0 amide bonds. The average Bonchev–Trinajstić information content (AvgIpc) is 3.34. The molecule has 6 aliphatic carbocycles. The van der Waals surface area contributed by atoms with Gasteiger partial charge in [0.15, 0.2) is 0 Å². The van der Waals surface area contributed by atoms with Gasteiger partial charge in [-0.2, -0.15) is 0 Å². The number of allylic oxidation sites excluding steroid dienone is 4. The Morgan fingerprint density at radius 2 is 0.540 bits per heavy atom. The van der Waals surface area contributed by atoms with Crippen molar-refractivity contribution in [3.8, 4) is 0 Å². The van der Waals surface area contributed by atoms with Crippen molar-refractivity contribution in [2.75, 3.05) is 0 Å². The van der Waals surface area contributed by atoms with E-state index in [-0.39, 0.29) is 11.8 Å². The van der Waals surface area contributed by atoms with Crippen molar-refractivity contribution < 1.29 is 16.5 Å². The summed E-state index contributed by atoms with van der Waals surface area (Å²) in [6, 6.07) is 84.3. The fourth-order valence-corrected chi connectivity index (χ4v) is 18.6. The number of rotatable bonds is 7. The maximum atomic E-state index is 4.88. The number of benzene rings is 8. The first-order chi connectivity index (χ1) is 31.0.